The van der Waals surface area contributed by atoms with Gasteiger partial charge in [0.25, 0.3) is 0 Å². The highest BCUT2D eigenvalue weighted by molar-refractivity contribution is 5.68. The monoisotopic (exact) mass is 349 g/mol. The predicted molar refractivity (Wildman–Crippen MR) is 106 cm³/mol. The molecule has 26 heavy (non-hydrogen) atoms. The van der Waals surface area contributed by atoms with Crippen LogP contribution in [0.25, 0.3) is 11.3 Å². The summed E-state index contributed by atoms with van der Waals surface area (Å²) in [5.74, 6) is 0. The lowest BCUT2D eigenvalue weighted by molar-refractivity contribution is 0.518. The van der Waals surface area contributed by atoms with Gasteiger partial charge in [-0.05, 0) is 57.4 Å². The minimum atomic E-state index is 0.937. The van der Waals surface area contributed by atoms with E-state index in [2.05, 4.69) is 62.3 Å². The molecule has 0 fully saturated rings. The molecule has 0 spiro atoms. The average molecular weight is 349 g/mol. The molecule has 0 N–H and O–H groups in total. The van der Waals surface area contributed by atoms with Gasteiger partial charge < -0.3 is 9.47 Å². The predicted octanol–water partition coefficient (Wildman–Crippen LogP) is 3.84. The number of rotatable bonds is 6. The van der Waals surface area contributed by atoms with Crippen molar-refractivity contribution in [2.45, 2.75) is 46.7 Å². The number of fused-ring (bicyclic) bond motifs is 1. The van der Waals surface area contributed by atoms with Gasteiger partial charge in [-0.2, -0.15) is 5.10 Å². The van der Waals surface area contributed by atoms with Crippen molar-refractivity contribution in [2.75, 3.05) is 18.0 Å². The molecule has 1 aliphatic heterocycles. The third kappa shape index (κ3) is 3.14. The van der Waals surface area contributed by atoms with E-state index in [-0.39, 0.29) is 0 Å². The van der Waals surface area contributed by atoms with E-state index in [0.29, 0.717) is 0 Å². The van der Waals surface area contributed by atoms with Crippen molar-refractivity contribution in [2.24, 2.45) is 0 Å². The fraction of sp³-hybridized carbons (Fsp3) is 0.429. The third-order valence-corrected chi connectivity index (χ3v) is 5.33. The first kappa shape index (κ1) is 16.9. The van der Waals surface area contributed by atoms with Crippen LogP contribution in [0.15, 0.2) is 36.8 Å². The molecule has 1 aromatic carbocycles. The summed E-state index contributed by atoms with van der Waals surface area (Å²) >= 11 is 0. The van der Waals surface area contributed by atoms with Crippen LogP contribution in [0.4, 0.5) is 5.69 Å². The molecule has 0 saturated carbocycles. The number of hydrogen-bond acceptors (Lipinski definition) is 3. The summed E-state index contributed by atoms with van der Waals surface area (Å²) in [6, 6.07) is 8.99. The van der Waals surface area contributed by atoms with Crippen LogP contribution in [-0.4, -0.2) is 32.4 Å². The number of likely N-dealkylation sites (N-methyl/N-ethyl adjacent to an activating group) is 1. The maximum absolute atomic E-state index is 4.55. The van der Waals surface area contributed by atoms with Crippen molar-refractivity contribution in [1.82, 2.24) is 19.3 Å². The Hall–Kier alpha value is -2.56. The molecule has 3 aromatic rings. The van der Waals surface area contributed by atoms with Gasteiger partial charge in [-0.1, -0.05) is 6.07 Å². The van der Waals surface area contributed by atoms with E-state index in [9.17, 15) is 0 Å². The molecule has 0 atom stereocenters. The standard InChI is InChI=1S/C21H27N5/c1-4-24-11-8-19-13-18(6-7-20(19)24)21-14-22-15-25(21)9-5-10-26-17(3)12-16(2)23-26/h6-7,12-15H,4-5,8-11H2,1-3H3. The fourth-order valence-corrected chi connectivity index (χ4v) is 3.99. The summed E-state index contributed by atoms with van der Waals surface area (Å²) in [6.07, 6.45) is 6.11. The van der Waals surface area contributed by atoms with Gasteiger partial charge in [-0.15, -0.1) is 0 Å². The first-order valence-corrected chi connectivity index (χ1v) is 9.55. The number of nitrogens with zero attached hydrogens (tertiary/aromatic N) is 5. The molecule has 136 valence electrons. The number of hydrogen-bond donors (Lipinski definition) is 0. The van der Waals surface area contributed by atoms with Crippen LogP contribution in [0.1, 0.15) is 30.3 Å². The maximum atomic E-state index is 4.55. The lowest BCUT2D eigenvalue weighted by Crippen LogP contribution is -2.18. The number of aryl methyl sites for hydroxylation is 4. The third-order valence-electron chi connectivity index (χ3n) is 5.33. The zero-order chi connectivity index (χ0) is 18.1. The summed E-state index contributed by atoms with van der Waals surface area (Å²) in [5, 5.41) is 4.55. The Morgan fingerprint density at radius 2 is 2.00 bits per heavy atom. The summed E-state index contributed by atoms with van der Waals surface area (Å²) in [6.45, 7) is 10.5. The van der Waals surface area contributed by atoms with Crippen LogP contribution in [0.2, 0.25) is 0 Å². The van der Waals surface area contributed by atoms with Gasteiger partial charge in [0.05, 0.1) is 23.9 Å². The highest BCUT2D eigenvalue weighted by Gasteiger charge is 2.18. The quantitative estimate of drug-likeness (QED) is 0.679. The summed E-state index contributed by atoms with van der Waals surface area (Å²) in [4.78, 5) is 6.85. The zero-order valence-electron chi connectivity index (χ0n) is 15.9. The van der Waals surface area contributed by atoms with Gasteiger partial charge in [0, 0.05) is 43.1 Å². The topological polar surface area (TPSA) is 38.9 Å². The lowest BCUT2D eigenvalue weighted by atomic mass is 10.1. The van der Waals surface area contributed by atoms with E-state index in [4.69, 9.17) is 0 Å². The van der Waals surface area contributed by atoms with Crippen LogP contribution in [0, 0.1) is 13.8 Å². The van der Waals surface area contributed by atoms with E-state index in [1.54, 1.807) is 0 Å². The SMILES string of the molecule is CCN1CCc2cc(-c3cncn3CCCn3nc(C)cc3C)ccc21. The highest BCUT2D eigenvalue weighted by atomic mass is 15.3. The zero-order valence-corrected chi connectivity index (χ0v) is 15.9. The number of anilines is 1. The molecule has 5 nitrogen and oxygen atoms in total. The molecule has 0 unspecified atom stereocenters. The average Bonchev–Trinajstić information content (AvgIpc) is 3.33. The Labute approximate surface area is 155 Å². The van der Waals surface area contributed by atoms with E-state index in [1.165, 1.54) is 28.2 Å². The molecule has 0 amide bonds. The molecular formula is C21H27N5. The molecule has 0 bridgehead atoms. The van der Waals surface area contributed by atoms with E-state index in [0.717, 1.165) is 44.7 Å². The molecule has 0 saturated heterocycles. The normalized spacial score (nSPS) is 13.4. The van der Waals surface area contributed by atoms with Gasteiger partial charge >= 0.3 is 0 Å². The number of imidazole rings is 1. The van der Waals surface area contributed by atoms with Crippen molar-refractivity contribution in [3.8, 4) is 11.3 Å². The number of aromatic nitrogens is 4. The molecule has 0 aliphatic carbocycles. The largest absolute Gasteiger partial charge is 0.371 e. The molecule has 3 heterocycles. The fourth-order valence-electron chi connectivity index (χ4n) is 3.99. The first-order chi connectivity index (χ1) is 12.7. The van der Waals surface area contributed by atoms with Crippen molar-refractivity contribution in [3.05, 3.63) is 53.7 Å². The second-order valence-corrected chi connectivity index (χ2v) is 7.15. The summed E-state index contributed by atoms with van der Waals surface area (Å²) < 4.78 is 4.36. The molecule has 2 aromatic heterocycles. The van der Waals surface area contributed by atoms with E-state index in [1.807, 2.05) is 19.4 Å². The van der Waals surface area contributed by atoms with Crippen LogP contribution in [0.3, 0.4) is 0 Å². The van der Waals surface area contributed by atoms with Crippen molar-refractivity contribution >= 4 is 5.69 Å². The maximum Gasteiger partial charge on any atom is 0.0950 e. The molecule has 4 rings (SSSR count). The van der Waals surface area contributed by atoms with Gasteiger partial charge in [0.15, 0.2) is 0 Å². The van der Waals surface area contributed by atoms with Crippen LogP contribution < -0.4 is 4.90 Å². The van der Waals surface area contributed by atoms with Gasteiger partial charge in [0.2, 0.25) is 0 Å². The first-order valence-electron chi connectivity index (χ1n) is 9.55. The van der Waals surface area contributed by atoms with Crippen LogP contribution in [-0.2, 0) is 19.5 Å². The van der Waals surface area contributed by atoms with Gasteiger partial charge in [-0.25, -0.2) is 4.98 Å². The van der Waals surface area contributed by atoms with Crippen LogP contribution >= 0.6 is 0 Å². The smallest absolute Gasteiger partial charge is 0.0950 e. The van der Waals surface area contributed by atoms with E-state index < -0.39 is 0 Å². The van der Waals surface area contributed by atoms with Crippen LogP contribution in [0.5, 0.6) is 0 Å². The molecular weight excluding hydrogens is 322 g/mol. The Morgan fingerprint density at radius 1 is 1.12 bits per heavy atom. The van der Waals surface area contributed by atoms with Gasteiger partial charge in [-0.3, -0.25) is 4.68 Å². The van der Waals surface area contributed by atoms with Crippen molar-refractivity contribution in [1.29, 1.82) is 0 Å². The summed E-state index contributed by atoms with van der Waals surface area (Å²) in [5.41, 5.74) is 7.64. The molecule has 0 radical (unpaired) electrons. The van der Waals surface area contributed by atoms with Crippen molar-refractivity contribution < 1.29 is 0 Å². The minimum Gasteiger partial charge on any atom is -0.371 e. The Balaban J connectivity index is 1.48. The Morgan fingerprint density at radius 3 is 2.77 bits per heavy atom. The van der Waals surface area contributed by atoms with Gasteiger partial charge in [0.1, 0.15) is 0 Å². The Kier molecular flexibility index (Phi) is 4.53. The highest BCUT2D eigenvalue weighted by Crippen LogP contribution is 2.32. The Bertz CT molecular complexity index is 905. The molecule has 5 heteroatoms. The van der Waals surface area contributed by atoms with Crippen molar-refractivity contribution in [3.63, 3.8) is 0 Å². The second-order valence-electron chi connectivity index (χ2n) is 7.15. The molecule has 1 aliphatic rings. The second kappa shape index (κ2) is 6.98. The number of benzene rings is 1. The lowest BCUT2D eigenvalue weighted by Gasteiger charge is -2.17. The minimum absolute atomic E-state index is 0.937. The summed E-state index contributed by atoms with van der Waals surface area (Å²) in [7, 11) is 0. The van der Waals surface area contributed by atoms with E-state index >= 15 is 0 Å².